The molecule has 0 unspecified atom stereocenters. The van der Waals surface area contributed by atoms with Crippen molar-refractivity contribution in [1.82, 2.24) is 10.5 Å². The van der Waals surface area contributed by atoms with Gasteiger partial charge in [-0.25, -0.2) is 4.39 Å². The maximum atomic E-state index is 12.9. The lowest BCUT2D eigenvalue weighted by Gasteiger charge is -2.26. The highest BCUT2D eigenvalue weighted by Crippen LogP contribution is 2.26. The fraction of sp³-hybridized carbons (Fsp3) is 0.364. The lowest BCUT2D eigenvalue weighted by Crippen LogP contribution is -2.43. The van der Waals surface area contributed by atoms with Crippen molar-refractivity contribution in [2.75, 3.05) is 31.1 Å². The van der Waals surface area contributed by atoms with Gasteiger partial charge in [0, 0.05) is 38.3 Å². The lowest BCUT2D eigenvalue weighted by molar-refractivity contribution is 0.449. The third-order valence-corrected chi connectivity index (χ3v) is 2.74. The van der Waals surface area contributed by atoms with E-state index in [-0.39, 0.29) is 5.82 Å². The maximum absolute atomic E-state index is 12.9. The first kappa shape index (κ1) is 9.59. The summed E-state index contributed by atoms with van der Waals surface area (Å²) in [6, 6.07) is 5.52. The summed E-state index contributed by atoms with van der Waals surface area (Å²) < 4.78 is 18.0. The maximum Gasteiger partial charge on any atom is 0.180 e. The Bertz CT molecular complexity index is 505. The number of nitrogens with zero attached hydrogens (tertiary/aromatic N) is 2. The van der Waals surface area contributed by atoms with E-state index in [0.29, 0.717) is 5.58 Å². The van der Waals surface area contributed by atoms with Crippen LogP contribution >= 0.6 is 0 Å². The van der Waals surface area contributed by atoms with Crippen molar-refractivity contribution in [3.05, 3.63) is 24.0 Å². The first-order valence-corrected chi connectivity index (χ1v) is 5.27. The monoisotopic (exact) mass is 220 g/mol. The van der Waals surface area contributed by atoms with Gasteiger partial charge in [0.2, 0.25) is 0 Å². The van der Waals surface area contributed by atoms with Gasteiger partial charge in [0.1, 0.15) is 5.82 Å². The minimum absolute atomic E-state index is 0.351. The zero-order chi connectivity index (χ0) is 11.0. The van der Waals surface area contributed by atoms with Crippen molar-refractivity contribution in [2.24, 2.45) is 0 Å². The van der Waals surface area contributed by atoms with E-state index in [1.165, 1.54) is 12.1 Å². The zero-order valence-electron chi connectivity index (χ0n) is 8.66. The smallest absolute Gasteiger partial charge is 0.180 e. The molecule has 4 nitrogen and oxygen atoms in total. The second-order valence-electron chi connectivity index (χ2n) is 3.80. The Kier molecular flexibility index (Phi) is 2.25. The molecule has 1 fully saturated rings. The first-order valence-electron chi connectivity index (χ1n) is 5.27. The van der Waals surface area contributed by atoms with Crippen molar-refractivity contribution in [3.63, 3.8) is 0 Å². The summed E-state index contributed by atoms with van der Waals surface area (Å²) in [6.07, 6.45) is 0. The number of benzene rings is 1. The van der Waals surface area contributed by atoms with Crippen LogP contribution in [0.5, 0.6) is 0 Å². The third kappa shape index (κ3) is 1.53. The Morgan fingerprint density at radius 3 is 3.06 bits per heavy atom. The van der Waals surface area contributed by atoms with Gasteiger partial charge in [-0.2, -0.15) is 0 Å². The molecule has 1 aliphatic rings. The summed E-state index contributed by atoms with van der Waals surface area (Å²) >= 11 is 0. The van der Waals surface area contributed by atoms with Crippen LogP contribution in [0.3, 0.4) is 0 Å². The van der Waals surface area contributed by atoms with Crippen LogP contribution in [-0.2, 0) is 0 Å². The van der Waals surface area contributed by atoms with E-state index < -0.39 is 0 Å². The summed E-state index contributed by atoms with van der Waals surface area (Å²) in [5, 5.41) is 8.00. The summed E-state index contributed by atoms with van der Waals surface area (Å²) in [6.45, 7) is 3.62. The number of hydrogen-bond donors (Lipinski definition) is 1. The van der Waals surface area contributed by atoms with Crippen molar-refractivity contribution in [2.45, 2.75) is 0 Å². The molecule has 1 aromatic carbocycles. The number of anilines is 1. The number of piperazine rings is 1. The third-order valence-electron chi connectivity index (χ3n) is 2.74. The summed E-state index contributed by atoms with van der Waals surface area (Å²) in [4.78, 5) is 2.12. The topological polar surface area (TPSA) is 41.3 Å². The van der Waals surface area contributed by atoms with Crippen LogP contribution in [-0.4, -0.2) is 31.3 Å². The second-order valence-corrected chi connectivity index (χ2v) is 3.80. The van der Waals surface area contributed by atoms with E-state index in [1.54, 1.807) is 0 Å². The molecule has 0 atom stereocenters. The van der Waals surface area contributed by atoms with Crippen molar-refractivity contribution < 1.29 is 8.91 Å². The van der Waals surface area contributed by atoms with E-state index in [2.05, 4.69) is 21.4 Å². The molecule has 0 amide bonds. The van der Waals surface area contributed by atoms with Crippen molar-refractivity contribution in [1.29, 1.82) is 0 Å². The van der Waals surface area contributed by atoms with E-state index in [0.717, 1.165) is 37.4 Å². The summed E-state index contributed by atoms with van der Waals surface area (Å²) in [7, 11) is 0. The van der Waals surface area contributed by atoms with Gasteiger partial charge in [-0.1, -0.05) is 5.16 Å². The van der Waals surface area contributed by atoms with Crippen LogP contribution < -0.4 is 10.2 Å². The molecule has 1 N–H and O–H groups in total. The number of rotatable bonds is 1. The Hall–Kier alpha value is -1.62. The normalized spacial score (nSPS) is 16.9. The molecule has 5 heteroatoms. The molecule has 1 aliphatic heterocycles. The predicted molar refractivity (Wildman–Crippen MR) is 57.9 cm³/mol. The summed E-state index contributed by atoms with van der Waals surface area (Å²) in [5.41, 5.74) is 0.452. The number of halogens is 1. The van der Waals surface area contributed by atoms with Gasteiger partial charge < -0.3 is 14.7 Å². The number of hydrogen-bond acceptors (Lipinski definition) is 4. The SMILES string of the molecule is Fc1c[c]c2c(N3CCNCC3)noc2c1. The molecular weight excluding hydrogens is 209 g/mol. The van der Waals surface area contributed by atoms with E-state index in [1.807, 2.05) is 0 Å². The quantitative estimate of drug-likeness (QED) is 0.783. The number of fused-ring (bicyclic) bond motifs is 1. The van der Waals surface area contributed by atoms with Gasteiger partial charge in [0.15, 0.2) is 11.4 Å². The molecule has 0 spiro atoms. The van der Waals surface area contributed by atoms with Gasteiger partial charge in [0.25, 0.3) is 0 Å². The van der Waals surface area contributed by atoms with Crippen LogP contribution in [0.15, 0.2) is 16.7 Å². The Balaban J connectivity index is 2.03. The minimum atomic E-state index is -0.351. The number of aromatic nitrogens is 1. The van der Waals surface area contributed by atoms with Crippen LogP contribution in [0, 0.1) is 11.9 Å². The molecule has 2 heterocycles. The molecule has 1 radical (unpaired) electrons. The highest BCUT2D eigenvalue weighted by molar-refractivity contribution is 5.88. The Morgan fingerprint density at radius 1 is 1.44 bits per heavy atom. The molecule has 16 heavy (non-hydrogen) atoms. The van der Waals surface area contributed by atoms with Gasteiger partial charge in [-0.3, -0.25) is 0 Å². The summed E-state index contributed by atoms with van der Waals surface area (Å²) in [5.74, 6) is 0.409. The lowest BCUT2D eigenvalue weighted by atomic mass is 10.2. The van der Waals surface area contributed by atoms with Crippen LogP contribution in [0.2, 0.25) is 0 Å². The largest absolute Gasteiger partial charge is 0.354 e. The zero-order valence-corrected chi connectivity index (χ0v) is 8.66. The highest BCUT2D eigenvalue weighted by Gasteiger charge is 2.17. The molecule has 3 rings (SSSR count). The Labute approximate surface area is 92.0 Å². The predicted octanol–water partition coefficient (Wildman–Crippen LogP) is 1.18. The van der Waals surface area contributed by atoms with Gasteiger partial charge in [-0.05, 0) is 6.07 Å². The fourth-order valence-corrected chi connectivity index (χ4v) is 1.93. The highest BCUT2D eigenvalue weighted by atomic mass is 19.1. The second kappa shape index (κ2) is 3.75. The Morgan fingerprint density at radius 2 is 2.25 bits per heavy atom. The van der Waals surface area contributed by atoms with Crippen molar-refractivity contribution >= 4 is 16.8 Å². The molecule has 0 saturated carbocycles. The standard InChI is InChI=1S/C11H11FN3O/c12-8-1-2-9-10(7-8)16-14-11(9)15-5-3-13-4-6-15/h1,7,13H,3-6H2. The molecular formula is C11H11FN3O. The molecule has 0 aliphatic carbocycles. The van der Waals surface area contributed by atoms with Gasteiger partial charge >= 0.3 is 0 Å². The van der Waals surface area contributed by atoms with E-state index in [9.17, 15) is 4.39 Å². The van der Waals surface area contributed by atoms with E-state index in [4.69, 9.17) is 4.52 Å². The fourth-order valence-electron chi connectivity index (χ4n) is 1.93. The molecule has 1 aromatic heterocycles. The molecule has 0 bridgehead atoms. The van der Waals surface area contributed by atoms with Crippen LogP contribution in [0.1, 0.15) is 0 Å². The first-order chi connectivity index (χ1) is 7.84. The molecule has 2 aromatic rings. The van der Waals surface area contributed by atoms with Gasteiger partial charge in [0.05, 0.1) is 5.39 Å². The van der Waals surface area contributed by atoms with E-state index >= 15 is 0 Å². The van der Waals surface area contributed by atoms with Crippen LogP contribution in [0.25, 0.3) is 11.0 Å². The van der Waals surface area contributed by atoms with Gasteiger partial charge in [-0.15, -0.1) is 0 Å². The average Bonchev–Trinajstić information content (AvgIpc) is 2.73. The average molecular weight is 220 g/mol. The number of nitrogens with one attached hydrogen (secondary N) is 1. The molecule has 83 valence electrons. The molecule has 1 saturated heterocycles. The van der Waals surface area contributed by atoms with Crippen molar-refractivity contribution in [3.8, 4) is 0 Å². The van der Waals surface area contributed by atoms with Crippen LogP contribution in [0.4, 0.5) is 10.2 Å². The minimum Gasteiger partial charge on any atom is -0.354 e.